The maximum Gasteiger partial charge on any atom is 0.401 e. The number of aryl methyl sites for hydroxylation is 1. The SMILES string of the molecule is C=CCNC(=NCc1nnc(C)n1C)N1CCC(CN(CC)CC(F)(F)F)C1. The summed E-state index contributed by atoms with van der Waals surface area (Å²) in [4.78, 5) is 8.21. The number of rotatable bonds is 8. The maximum atomic E-state index is 12.7. The van der Waals surface area contributed by atoms with Crippen LogP contribution in [-0.4, -0.2) is 76.0 Å². The monoisotopic (exact) mass is 401 g/mol. The molecule has 0 saturated carbocycles. The van der Waals surface area contributed by atoms with Crippen LogP contribution in [0.1, 0.15) is 25.0 Å². The van der Waals surface area contributed by atoms with Gasteiger partial charge in [-0.3, -0.25) is 4.90 Å². The van der Waals surface area contributed by atoms with Gasteiger partial charge in [-0.15, -0.1) is 16.8 Å². The van der Waals surface area contributed by atoms with Gasteiger partial charge in [-0.2, -0.15) is 13.2 Å². The van der Waals surface area contributed by atoms with E-state index in [9.17, 15) is 13.2 Å². The average molecular weight is 401 g/mol. The molecular formula is C18H30F3N7. The standard InChI is InChI=1S/C18H30F3N7/c1-5-8-22-17(23-10-16-25-24-14(3)26(16)4)28-9-7-15(12-28)11-27(6-2)13-18(19,20)21/h5,15H,1,6-13H2,2-4H3,(H,22,23). The Morgan fingerprint density at radius 3 is 2.75 bits per heavy atom. The Kier molecular flexibility index (Phi) is 7.85. The van der Waals surface area contributed by atoms with Gasteiger partial charge < -0.3 is 14.8 Å². The lowest BCUT2D eigenvalue weighted by molar-refractivity contribution is -0.146. The molecule has 158 valence electrons. The largest absolute Gasteiger partial charge is 0.401 e. The molecule has 1 aliphatic heterocycles. The van der Waals surface area contributed by atoms with Gasteiger partial charge in [0, 0.05) is 33.2 Å². The average Bonchev–Trinajstić information content (AvgIpc) is 3.21. The molecule has 0 amide bonds. The zero-order valence-corrected chi connectivity index (χ0v) is 16.8. The first-order valence-electron chi connectivity index (χ1n) is 9.51. The normalized spacial score (nSPS) is 18.2. The Hall–Kier alpha value is -2.10. The van der Waals surface area contributed by atoms with Gasteiger partial charge >= 0.3 is 6.18 Å². The third kappa shape index (κ3) is 6.50. The molecule has 1 aliphatic rings. The van der Waals surface area contributed by atoms with Gasteiger partial charge in [0.15, 0.2) is 11.8 Å². The smallest absolute Gasteiger partial charge is 0.353 e. The first kappa shape index (κ1) is 22.2. The van der Waals surface area contributed by atoms with Crippen LogP contribution >= 0.6 is 0 Å². The third-order valence-corrected chi connectivity index (χ3v) is 4.91. The number of aliphatic imine (C=N–C) groups is 1. The summed E-state index contributed by atoms with van der Waals surface area (Å²) in [5, 5.41) is 11.4. The number of alkyl halides is 3. The van der Waals surface area contributed by atoms with Crippen molar-refractivity contribution in [1.82, 2.24) is 29.9 Å². The van der Waals surface area contributed by atoms with E-state index in [0.717, 1.165) is 30.6 Å². The number of nitrogens with zero attached hydrogens (tertiary/aromatic N) is 6. The predicted octanol–water partition coefficient (Wildman–Crippen LogP) is 1.96. The molecule has 28 heavy (non-hydrogen) atoms. The quantitative estimate of drug-likeness (QED) is 0.410. The minimum atomic E-state index is -4.17. The highest BCUT2D eigenvalue weighted by Gasteiger charge is 2.33. The molecule has 2 heterocycles. The van der Waals surface area contributed by atoms with Gasteiger partial charge in [-0.05, 0) is 25.8 Å². The third-order valence-electron chi connectivity index (χ3n) is 4.91. The Morgan fingerprint density at radius 1 is 1.43 bits per heavy atom. The summed E-state index contributed by atoms with van der Waals surface area (Å²) in [5.41, 5.74) is 0. The highest BCUT2D eigenvalue weighted by atomic mass is 19.4. The van der Waals surface area contributed by atoms with Crippen molar-refractivity contribution < 1.29 is 13.2 Å². The van der Waals surface area contributed by atoms with Crippen molar-refractivity contribution in [2.24, 2.45) is 18.0 Å². The summed E-state index contributed by atoms with van der Waals surface area (Å²) in [6.45, 7) is 9.70. The van der Waals surface area contributed by atoms with Crippen molar-refractivity contribution in [1.29, 1.82) is 0 Å². The number of nitrogens with one attached hydrogen (secondary N) is 1. The molecular weight excluding hydrogens is 371 g/mol. The van der Waals surface area contributed by atoms with Crippen LogP contribution in [0.5, 0.6) is 0 Å². The van der Waals surface area contributed by atoms with Crippen molar-refractivity contribution in [2.45, 2.75) is 33.0 Å². The molecule has 1 unspecified atom stereocenters. The molecule has 1 atom stereocenters. The fourth-order valence-electron chi connectivity index (χ4n) is 3.26. The molecule has 0 bridgehead atoms. The van der Waals surface area contributed by atoms with Crippen LogP contribution in [0.4, 0.5) is 13.2 Å². The molecule has 1 fully saturated rings. The molecule has 1 aromatic heterocycles. The zero-order chi connectivity index (χ0) is 20.7. The van der Waals surface area contributed by atoms with E-state index < -0.39 is 12.7 Å². The highest BCUT2D eigenvalue weighted by molar-refractivity contribution is 5.80. The van der Waals surface area contributed by atoms with E-state index in [0.29, 0.717) is 32.7 Å². The van der Waals surface area contributed by atoms with E-state index in [1.165, 1.54) is 4.90 Å². The second kappa shape index (κ2) is 9.90. The lowest BCUT2D eigenvalue weighted by Crippen LogP contribution is -2.42. The second-order valence-electron chi connectivity index (χ2n) is 7.08. The van der Waals surface area contributed by atoms with E-state index in [4.69, 9.17) is 0 Å². The minimum absolute atomic E-state index is 0.176. The van der Waals surface area contributed by atoms with Crippen LogP contribution in [0.25, 0.3) is 0 Å². The maximum absolute atomic E-state index is 12.7. The molecule has 10 heteroatoms. The highest BCUT2D eigenvalue weighted by Crippen LogP contribution is 2.21. The molecule has 0 aromatic carbocycles. The number of halogens is 3. The molecule has 0 aliphatic carbocycles. The minimum Gasteiger partial charge on any atom is -0.353 e. The lowest BCUT2D eigenvalue weighted by atomic mass is 10.1. The summed E-state index contributed by atoms with van der Waals surface area (Å²) in [5.74, 6) is 2.47. The molecule has 1 N–H and O–H groups in total. The van der Waals surface area contributed by atoms with Crippen LogP contribution in [0.2, 0.25) is 0 Å². The summed E-state index contributed by atoms with van der Waals surface area (Å²) in [6, 6.07) is 0. The molecule has 1 aromatic rings. The van der Waals surface area contributed by atoms with Crippen LogP contribution in [-0.2, 0) is 13.6 Å². The molecule has 0 spiro atoms. The molecule has 2 rings (SSSR count). The Balaban J connectivity index is 1.99. The summed E-state index contributed by atoms with van der Waals surface area (Å²) >= 11 is 0. The summed E-state index contributed by atoms with van der Waals surface area (Å²) in [7, 11) is 1.89. The van der Waals surface area contributed by atoms with E-state index in [2.05, 4.69) is 32.0 Å². The lowest BCUT2D eigenvalue weighted by Gasteiger charge is -2.26. The number of aromatic nitrogens is 3. The van der Waals surface area contributed by atoms with Crippen LogP contribution in [0, 0.1) is 12.8 Å². The Labute approximate surface area is 164 Å². The van der Waals surface area contributed by atoms with Crippen molar-refractivity contribution in [3.8, 4) is 0 Å². The van der Waals surface area contributed by atoms with Crippen molar-refractivity contribution in [2.75, 3.05) is 39.3 Å². The van der Waals surface area contributed by atoms with E-state index in [-0.39, 0.29) is 5.92 Å². The van der Waals surface area contributed by atoms with Crippen LogP contribution in [0.3, 0.4) is 0 Å². The van der Waals surface area contributed by atoms with E-state index in [1.807, 2.05) is 18.5 Å². The number of hydrogen-bond acceptors (Lipinski definition) is 4. The van der Waals surface area contributed by atoms with Gasteiger partial charge in [0.25, 0.3) is 0 Å². The van der Waals surface area contributed by atoms with E-state index >= 15 is 0 Å². The first-order chi connectivity index (χ1) is 13.2. The van der Waals surface area contributed by atoms with E-state index in [1.54, 1.807) is 13.0 Å². The zero-order valence-electron chi connectivity index (χ0n) is 16.8. The van der Waals surface area contributed by atoms with Gasteiger partial charge in [0.05, 0.1) is 6.54 Å². The number of hydrogen-bond donors (Lipinski definition) is 1. The fraction of sp³-hybridized carbons (Fsp3) is 0.722. The van der Waals surface area contributed by atoms with Gasteiger partial charge in [-0.25, -0.2) is 4.99 Å². The van der Waals surface area contributed by atoms with Crippen molar-refractivity contribution >= 4 is 5.96 Å². The van der Waals surface area contributed by atoms with Gasteiger partial charge in [0.1, 0.15) is 12.4 Å². The van der Waals surface area contributed by atoms with Gasteiger partial charge in [0.2, 0.25) is 0 Å². The van der Waals surface area contributed by atoms with Crippen molar-refractivity contribution in [3.63, 3.8) is 0 Å². The first-order valence-corrected chi connectivity index (χ1v) is 9.51. The van der Waals surface area contributed by atoms with Crippen molar-refractivity contribution in [3.05, 3.63) is 24.3 Å². The Bertz CT molecular complexity index is 669. The summed E-state index contributed by atoms with van der Waals surface area (Å²) < 4.78 is 40.0. The number of guanidine groups is 1. The second-order valence-corrected chi connectivity index (χ2v) is 7.08. The predicted molar refractivity (Wildman–Crippen MR) is 103 cm³/mol. The van der Waals surface area contributed by atoms with Crippen LogP contribution in [0.15, 0.2) is 17.6 Å². The molecule has 1 saturated heterocycles. The van der Waals surface area contributed by atoms with Gasteiger partial charge in [-0.1, -0.05) is 13.0 Å². The topological polar surface area (TPSA) is 61.6 Å². The fourth-order valence-corrected chi connectivity index (χ4v) is 3.26. The molecule has 0 radical (unpaired) electrons. The number of likely N-dealkylation sites (tertiary alicyclic amines) is 1. The Morgan fingerprint density at radius 2 is 2.18 bits per heavy atom. The molecule has 7 nitrogen and oxygen atoms in total. The van der Waals surface area contributed by atoms with Crippen LogP contribution < -0.4 is 5.32 Å². The summed E-state index contributed by atoms with van der Waals surface area (Å²) in [6.07, 6.45) is -1.58.